The van der Waals surface area contributed by atoms with E-state index in [0.717, 1.165) is 13.1 Å². The summed E-state index contributed by atoms with van der Waals surface area (Å²) in [5.41, 5.74) is 0. The molecule has 1 fully saturated rings. The van der Waals surface area contributed by atoms with Crippen molar-refractivity contribution in [3.63, 3.8) is 0 Å². The van der Waals surface area contributed by atoms with Gasteiger partial charge in [-0.25, -0.2) is 0 Å². The topological polar surface area (TPSA) is 71.2 Å². The predicted molar refractivity (Wildman–Crippen MR) is 45.2 cm³/mol. The average Bonchev–Trinajstić information content (AvgIpc) is 2.71. The SMILES string of the molecule is Cc1noc(C2CNCC2CO)n1. The second-order valence-electron chi connectivity index (χ2n) is 3.39. The zero-order chi connectivity index (χ0) is 9.26. The molecule has 0 aromatic carbocycles. The molecule has 0 spiro atoms. The van der Waals surface area contributed by atoms with Crippen LogP contribution in [0.1, 0.15) is 17.6 Å². The molecule has 2 unspecified atom stereocenters. The van der Waals surface area contributed by atoms with Crippen LogP contribution in [0.5, 0.6) is 0 Å². The fourth-order valence-corrected chi connectivity index (χ4v) is 1.68. The molecule has 1 aliphatic rings. The number of aromatic nitrogens is 2. The number of hydrogen-bond acceptors (Lipinski definition) is 5. The van der Waals surface area contributed by atoms with Crippen LogP contribution in [0.2, 0.25) is 0 Å². The van der Waals surface area contributed by atoms with Gasteiger partial charge in [-0.1, -0.05) is 5.16 Å². The molecule has 2 atom stereocenters. The molecule has 2 N–H and O–H groups in total. The van der Waals surface area contributed by atoms with E-state index in [4.69, 9.17) is 9.63 Å². The van der Waals surface area contributed by atoms with Crippen molar-refractivity contribution in [2.24, 2.45) is 5.92 Å². The van der Waals surface area contributed by atoms with Crippen LogP contribution in [-0.4, -0.2) is 34.9 Å². The van der Waals surface area contributed by atoms with Crippen LogP contribution in [0.4, 0.5) is 0 Å². The Bertz CT molecular complexity index is 287. The van der Waals surface area contributed by atoms with Gasteiger partial charge in [0.05, 0.1) is 5.92 Å². The highest BCUT2D eigenvalue weighted by Gasteiger charge is 2.31. The maximum atomic E-state index is 9.07. The molecule has 0 bridgehead atoms. The number of rotatable bonds is 2. The summed E-state index contributed by atoms with van der Waals surface area (Å²) in [5.74, 6) is 1.67. The maximum absolute atomic E-state index is 9.07. The Kier molecular flexibility index (Phi) is 2.28. The summed E-state index contributed by atoms with van der Waals surface area (Å²) >= 11 is 0. The average molecular weight is 183 g/mol. The summed E-state index contributed by atoms with van der Waals surface area (Å²) in [6.07, 6.45) is 0. The summed E-state index contributed by atoms with van der Waals surface area (Å²) in [4.78, 5) is 4.16. The first-order chi connectivity index (χ1) is 6.31. The van der Waals surface area contributed by atoms with E-state index in [1.807, 2.05) is 0 Å². The number of hydrogen-bond donors (Lipinski definition) is 2. The molecule has 2 heterocycles. The third-order valence-corrected chi connectivity index (χ3v) is 2.43. The second kappa shape index (κ2) is 3.43. The molecule has 0 amide bonds. The normalized spacial score (nSPS) is 28.2. The molecule has 2 rings (SSSR count). The smallest absolute Gasteiger partial charge is 0.231 e. The van der Waals surface area contributed by atoms with Crippen molar-refractivity contribution >= 4 is 0 Å². The Morgan fingerprint density at radius 3 is 3.08 bits per heavy atom. The van der Waals surface area contributed by atoms with Crippen molar-refractivity contribution in [2.75, 3.05) is 19.7 Å². The number of aliphatic hydroxyl groups is 1. The zero-order valence-electron chi connectivity index (χ0n) is 7.53. The van der Waals surface area contributed by atoms with Crippen LogP contribution >= 0.6 is 0 Å². The summed E-state index contributed by atoms with van der Waals surface area (Å²) < 4.78 is 5.07. The molecule has 0 aliphatic carbocycles. The molecule has 0 radical (unpaired) electrons. The molecule has 1 aromatic rings. The van der Waals surface area contributed by atoms with Crippen molar-refractivity contribution in [3.05, 3.63) is 11.7 Å². The van der Waals surface area contributed by atoms with Crippen LogP contribution in [0, 0.1) is 12.8 Å². The van der Waals surface area contributed by atoms with Gasteiger partial charge in [-0.2, -0.15) is 4.98 Å². The molecular weight excluding hydrogens is 170 g/mol. The first-order valence-electron chi connectivity index (χ1n) is 4.43. The second-order valence-corrected chi connectivity index (χ2v) is 3.39. The molecule has 0 saturated carbocycles. The minimum atomic E-state index is 0.166. The molecule has 5 nitrogen and oxygen atoms in total. The van der Waals surface area contributed by atoms with E-state index in [1.54, 1.807) is 6.92 Å². The molecule has 13 heavy (non-hydrogen) atoms. The predicted octanol–water partition coefficient (Wildman–Crippen LogP) is -0.327. The van der Waals surface area contributed by atoms with Gasteiger partial charge < -0.3 is 14.9 Å². The standard InChI is InChI=1S/C8H13N3O2/c1-5-10-8(13-11-5)7-3-9-2-6(7)4-12/h6-7,9,12H,2-4H2,1H3. The van der Waals surface area contributed by atoms with Gasteiger partial charge in [-0.3, -0.25) is 0 Å². The lowest BCUT2D eigenvalue weighted by molar-refractivity contribution is 0.211. The summed E-state index contributed by atoms with van der Waals surface area (Å²) in [5, 5.41) is 16.0. The lowest BCUT2D eigenvalue weighted by Gasteiger charge is -2.10. The summed E-state index contributed by atoms with van der Waals surface area (Å²) in [6.45, 7) is 3.60. The van der Waals surface area contributed by atoms with E-state index >= 15 is 0 Å². The van der Waals surface area contributed by atoms with E-state index in [2.05, 4.69) is 15.5 Å². The van der Waals surface area contributed by atoms with Crippen LogP contribution in [-0.2, 0) is 0 Å². The molecule has 5 heteroatoms. The summed E-state index contributed by atoms with van der Waals surface area (Å²) in [6, 6.07) is 0. The highest BCUT2D eigenvalue weighted by molar-refractivity contribution is 5.01. The first kappa shape index (κ1) is 8.65. The van der Waals surface area contributed by atoms with Gasteiger partial charge in [0.2, 0.25) is 5.89 Å². The molecular formula is C8H13N3O2. The van der Waals surface area contributed by atoms with Gasteiger partial charge in [0.1, 0.15) is 0 Å². The number of aryl methyl sites for hydroxylation is 1. The van der Waals surface area contributed by atoms with Crippen molar-refractivity contribution in [3.8, 4) is 0 Å². The fourth-order valence-electron chi connectivity index (χ4n) is 1.68. The molecule has 1 aliphatic heterocycles. The van der Waals surface area contributed by atoms with E-state index < -0.39 is 0 Å². The Morgan fingerprint density at radius 2 is 2.46 bits per heavy atom. The van der Waals surface area contributed by atoms with Gasteiger partial charge in [-0.05, 0) is 6.92 Å². The molecule has 72 valence electrons. The lowest BCUT2D eigenvalue weighted by Crippen LogP contribution is -2.15. The van der Waals surface area contributed by atoms with Gasteiger partial charge in [-0.15, -0.1) is 0 Å². The van der Waals surface area contributed by atoms with Crippen LogP contribution in [0.25, 0.3) is 0 Å². The zero-order valence-corrected chi connectivity index (χ0v) is 7.53. The highest BCUT2D eigenvalue weighted by Crippen LogP contribution is 2.25. The Hall–Kier alpha value is -0.940. The van der Waals surface area contributed by atoms with Crippen molar-refractivity contribution < 1.29 is 9.63 Å². The van der Waals surface area contributed by atoms with Crippen molar-refractivity contribution in [1.29, 1.82) is 0 Å². The van der Waals surface area contributed by atoms with Crippen LogP contribution < -0.4 is 5.32 Å². The Labute approximate surface area is 76.1 Å². The highest BCUT2D eigenvalue weighted by atomic mass is 16.5. The van der Waals surface area contributed by atoms with Gasteiger partial charge in [0.15, 0.2) is 5.82 Å². The van der Waals surface area contributed by atoms with Gasteiger partial charge >= 0.3 is 0 Å². The van der Waals surface area contributed by atoms with Crippen LogP contribution in [0.15, 0.2) is 4.52 Å². The Balaban J connectivity index is 2.15. The van der Waals surface area contributed by atoms with E-state index in [-0.39, 0.29) is 18.4 Å². The van der Waals surface area contributed by atoms with Crippen molar-refractivity contribution in [2.45, 2.75) is 12.8 Å². The van der Waals surface area contributed by atoms with E-state index in [9.17, 15) is 0 Å². The Morgan fingerprint density at radius 1 is 1.62 bits per heavy atom. The van der Waals surface area contributed by atoms with E-state index in [0.29, 0.717) is 11.7 Å². The van der Waals surface area contributed by atoms with E-state index in [1.165, 1.54) is 0 Å². The lowest BCUT2D eigenvalue weighted by atomic mass is 9.97. The number of aliphatic hydroxyl groups excluding tert-OH is 1. The molecule has 1 saturated heterocycles. The van der Waals surface area contributed by atoms with Crippen LogP contribution in [0.3, 0.4) is 0 Å². The van der Waals surface area contributed by atoms with Gasteiger partial charge in [0, 0.05) is 25.6 Å². The minimum absolute atomic E-state index is 0.166. The van der Waals surface area contributed by atoms with Gasteiger partial charge in [0.25, 0.3) is 0 Å². The summed E-state index contributed by atoms with van der Waals surface area (Å²) in [7, 11) is 0. The monoisotopic (exact) mass is 183 g/mol. The molecule has 1 aromatic heterocycles. The first-order valence-corrected chi connectivity index (χ1v) is 4.43. The largest absolute Gasteiger partial charge is 0.396 e. The quantitative estimate of drug-likeness (QED) is 0.657. The number of nitrogens with zero attached hydrogens (tertiary/aromatic N) is 2. The fraction of sp³-hybridized carbons (Fsp3) is 0.750. The van der Waals surface area contributed by atoms with Crippen molar-refractivity contribution in [1.82, 2.24) is 15.5 Å². The minimum Gasteiger partial charge on any atom is -0.396 e. The third kappa shape index (κ3) is 1.57. The number of nitrogens with one attached hydrogen (secondary N) is 1. The third-order valence-electron chi connectivity index (χ3n) is 2.43. The maximum Gasteiger partial charge on any atom is 0.231 e.